The molecule has 1 aromatic rings. The standard InChI is InChI=1S/C14H19NO3/c1-3-4-8-15-14(17)10-18-13-7-5-6-12(9-13)11(2)16/h5-7,9H,3-4,8,10H2,1-2H3,(H,15,17). The van der Waals surface area contributed by atoms with E-state index in [4.69, 9.17) is 4.74 Å². The van der Waals surface area contributed by atoms with Crippen LogP contribution < -0.4 is 10.1 Å². The molecule has 0 aliphatic heterocycles. The van der Waals surface area contributed by atoms with Crippen LogP contribution in [0.1, 0.15) is 37.0 Å². The molecule has 0 heterocycles. The Labute approximate surface area is 107 Å². The van der Waals surface area contributed by atoms with Gasteiger partial charge in [0.25, 0.3) is 5.91 Å². The Morgan fingerprint density at radius 2 is 2.11 bits per heavy atom. The molecule has 0 spiro atoms. The summed E-state index contributed by atoms with van der Waals surface area (Å²) in [7, 11) is 0. The molecule has 0 radical (unpaired) electrons. The average molecular weight is 249 g/mol. The molecule has 0 aromatic heterocycles. The van der Waals surface area contributed by atoms with Gasteiger partial charge in [-0.05, 0) is 25.5 Å². The van der Waals surface area contributed by atoms with Crippen molar-refractivity contribution in [3.8, 4) is 5.75 Å². The molecule has 0 aliphatic rings. The van der Waals surface area contributed by atoms with Gasteiger partial charge in [0.1, 0.15) is 5.75 Å². The van der Waals surface area contributed by atoms with E-state index in [1.54, 1.807) is 24.3 Å². The van der Waals surface area contributed by atoms with E-state index >= 15 is 0 Å². The number of ether oxygens (including phenoxy) is 1. The van der Waals surface area contributed by atoms with Gasteiger partial charge in [-0.25, -0.2) is 0 Å². The second-order valence-electron chi connectivity index (χ2n) is 4.08. The number of carbonyl (C=O) groups excluding carboxylic acids is 2. The van der Waals surface area contributed by atoms with Crippen molar-refractivity contribution >= 4 is 11.7 Å². The molecule has 1 rings (SSSR count). The van der Waals surface area contributed by atoms with Crippen LogP contribution in [0.4, 0.5) is 0 Å². The first kappa shape index (κ1) is 14.2. The van der Waals surface area contributed by atoms with Crippen molar-refractivity contribution in [2.75, 3.05) is 13.2 Å². The zero-order chi connectivity index (χ0) is 13.4. The van der Waals surface area contributed by atoms with Crippen LogP contribution in [0.2, 0.25) is 0 Å². The predicted molar refractivity (Wildman–Crippen MR) is 69.9 cm³/mol. The molecular formula is C14H19NO3. The highest BCUT2D eigenvalue weighted by Crippen LogP contribution is 2.13. The third kappa shape index (κ3) is 4.99. The zero-order valence-corrected chi connectivity index (χ0v) is 10.9. The van der Waals surface area contributed by atoms with E-state index in [1.165, 1.54) is 6.92 Å². The summed E-state index contributed by atoms with van der Waals surface area (Å²) in [4.78, 5) is 22.6. The monoisotopic (exact) mass is 249 g/mol. The third-order valence-electron chi connectivity index (χ3n) is 2.46. The minimum Gasteiger partial charge on any atom is -0.484 e. The highest BCUT2D eigenvalue weighted by molar-refractivity contribution is 5.94. The summed E-state index contributed by atoms with van der Waals surface area (Å²) in [5, 5.41) is 2.76. The first-order valence-electron chi connectivity index (χ1n) is 6.14. The van der Waals surface area contributed by atoms with E-state index in [-0.39, 0.29) is 18.3 Å². The van der Waals surface area contributed by atoms with E-state index in [9.17, 15) is 9.59 Å². The lowest BCUT2D eigenvalue weighted by atomic mass is 10.1. The fraction of sp³-hybridized carbons (Fsp3) is 0.429. The number of ketones is 1. The van der Waals surface area contributed by atoms with Gasteiger partial charge in [-0.3, -0.25) is 9.59 Å². The van der Waals surface area contributed by atoms with Crippen LogP contribution in [-0.2, 0) is 4.79 Å². The number of amides is 1. The Kier molecular flexibility index (Phi) is 5.91. The van der Waals surface area contributed by atoms with Crippen molar-refractivity contribution in [3.63, 3.8) is 0 Å². The minimum atomic E-state index is -0.142. The number of Topliss-reactive ketones (excluding diaryl/α,β-unsaturated/α-hetero) is 1. The molecule has 0 atom stereocenters. The number of carbonyl (C=O) groups is 2. The highest BCUT2D eigenvalue weighted by Gasteiger charge is 2.04. The normalized spacial score (nSPS) is 9.89. The van der Waals surface area contributed by atoms with Crippen LogP contribution in [0.3, 0.4) is 0 Å². The smallest absolute Gasteiger partial charge is 0.257 e. The van der Waals surface area contributed by atoms with Gasteiger partial charge >= 0.3 is 0 Å². The number of rotatable bonds is 7. The van der Waals surface area contributed by atoms with Crippen molar-refractivity contribution in [1.29, 1.82) is 0 Å². The third-order valence-corrected chi connectivity index (χ3v) is 2.46. The Morgan fingerprint density at radius 1 is 1.33 bits per heavy atom. The summed E-state index contributed by atoms with van der Waals surface area (Å²) in [5.74, 6) is 0.373. The van der Waals surface area contributed by atoms with Gasteiger partial charge in [0, 0.05) is 12.1 Å². The minimum absolute atomic E-state index is 0.0205. The van der Waals surface area contributed by atoms with Crippen LogP contribution in [0.5, 0.6) is 5.75 Å². The number of unbranched alkanes of at least 4 members (excludes halogenated alkanes) is 1. The summed E-state index contributed by atoms with van der Waals surface area (Å²) in [6.45, 7) is 4.21. The summed E-state index contributed by atoms with van der Waals surface area (Å²) in [6.07, 6.45) is 2.01. The van der Waals surface area contributed by atoms with Crippen molar-refractivity contribution < 1.29 is 14.3 Å². The first-order valence-corrected chi connectivity index (χ1v) is 6.14. The Bertz CT molecular complexity index is 415. The number of benzene rings is 1. The van der Waals surface area contributed by atoms with E-state index in [0.717, 1.165) is 12.8 Å². The molecule has 1 aromatic carbocycles. The molecule has 1 N–H and O–H groups in total. The van der Waals surface area contributed by atoms with Crippen LogP contribution in [0, 0.1) is 0 Å². The molecule has 1 amide bonds. The van der Waals surface area contributed by atoms with Crippen LogP contribution in [0.15, 0.2) is 24.3 Å². The van der Waals surface area contributed by atoms with Crippen LogP contribution in [0.25, 0.3) is 0 Å². The number of nitrogens with one attached hydrogen (secondary N) is 1. The molecule has 0 unspecified atom stereocenters. The maximum Gasteiger partial charge on any atom is 0.257 e. The summed E-state index contributed by atoms with van der Waals surface area (Å²) >= 11 is 0. The van der Waals surface area contributed by atoms with Crippen molar-refractivity contribution in [2.45, 2.75) is 26.7 Å². The second kappa shape index (κ2) is 7.48. The van der Waals surface area contributed by atoms with E-state index < -0.39 is 0 Å². The second-order valence-corrected chi connectivity index (χ2v) is 4.08. The topological polar surface area (TPSA) is 55.4 Å². The van der Waals surface area contributed by atoms with Gasteiger partial charge in [0.15, 0.2) is 12.4 Å². The Balaban J connectivity index is 2.41. The highest BCUT2D eigenvalue weighted by atomic mass is 16.5. The summed E-state index contributed by atoms with van der Waals surface area (Å²) < 4.78 is 5.33. The first-order chi connectivity index (χ1) is 8.63. The van der Waals surface area contributed by atoms with Gasteiger partial charge in [0.2, 0.25) is 0 Å². The van der Waals surface area contributed by atoms with Crippen molar-refractivity contribution in [3.05, 3.63) is 29.8 Å². The van der Waals surface area contributed by atoms with E-state index in [0.29, 0.717) is 17.9 Å². The number of hydrogen-bond acceptors (Lipinski definition) is 3. The van der Waals surface area contributed by atoms with Gasteiger partial charge in [-0.2, -0.15) is 0 Å². The molecule has 0 aliphatic carbocycles. The van der Waals surface area contributed by atoms with E-state index in [1.807, 2.05) is 0 Å². The lowest BCUT2D eigenvalue weighted by molar-refractivity contribution is -0.123. The molecule has 18 heavy (non-hydrogen) atoms. The van der Waals surface area contributed by atoms with Gasteiger partial charge in [-0.1, -0.05) is 25.5 Å². The average Bonchev–Trinajstić information content (AvgIpc) is 2.37. The van der Waals surface area contributed by atoms with Crippen molar-refractivity contribution in [1.82, 2.24) is 5.32 Å². The molecule has 98 valence electrons. The maximum absolute atomic E-state index is 11.4. The fourth-order valence-corrected chi connectivity index (χ4v) is 1.41. The van der Waals surface area contributed by atoms with Crippen LogP contribution >= 0.6 is 0 Å². The predicted octanol–water partition coefficient (Wildman–Crippen LogP) is 2.18. The zero-order valence-electron chi connectivity index (χ0n) is 10.9. The molecule has 0 bridgehead atoms. The van der Waals surface area contributed by atoms with E-state index in [2.05, 4.69) is 12.2 Å². The Hall–Kier alpha value is -1.84. The van der Waals surface area contributed by atoms with Gasteiger partial charge in [0.05, 0.1) is 0 Å². The molecule has 0 fully saturated rings. The van der Waals surface area contributed by atoms with Gasteiger partial charge in [-0.15, -0.1) is 0 Å². The lowest BCUT2D eigenvalue weighted by Gasteiger charge is -2.07. The molecular weight excluding hydrogens is 230 g/mol. The summed E-state index contributed by atoms with van der Waals surface area (Å²) in [5.41, 5.74) is 0.582. The quantitative estimate of drug-likeness (QED) is 0.595. The van der Waals surface area contributed by atoms with Crippen molar-refractivity contribution in [2.24, 2.45) is 0 Å². The SMILES string of the molecule is CCCCNC(=O)COc1cccc(C(C)=O)c1. The summed E-state index contributed by atoms with van der Waals surface area (Å²) in [6, 6.07) is 6.82. The molecule has 0 saturated heterocycles. The molecule has 4 nitrogen and oxygen atoms in total. The van der Waals surface area contributed by atoms with Gasteiger partial charge < -0.3 is 10.1 Å². The largest absolute Gasteiger partial charge is 0.484 e. The number of hydrogen-bond donors (Lipinski definition) is 1. The Morgan fingerprint density at radius 3 is 2.78 bits per heavy atom. The molecule has 4 heteroatoms. The molecule has 0 saturated carbocycles. The maximum atomic E-state index is 11.4. The fourth-order valence-electron chi connectivity index (χ4n) is 1.41. The van der Waals surface area contributed by atoms with Crippen LogP contribution in [-0.4, -0.2) is 24.8 Å². The lowest BCUT2D eigenvalue weighted by Crippen LogP contribution is -2.29.